The summed E-state index contributed by atoms with van der Waals surface area (Å²) in [5.74, 6) is -0.344. The molecule has 4 nitrogen and oxygen atoms in total. The van der Waals surface area contributed by atoms with Crippen LogP contribution in [0.15, 0.2) is 54.9 Å². The van der Waals surface area contributed by atoms with Gasteiger partial charge in [-0.15, -0.1) is 0 Å². The molecule has 0 radical (unpaired) electrons. The number of anilines is 1. The van der Waals surface area contributed by atoms with Gasteiger partial charge in [0.1, 0.15) is 11.9 Å². The molecule has 29 heavy (non-hydrogen) atoms. The third-order valence-electron chi connectivity index (χ3n) is 4.84. The van der Waals surface area contributed by atoms with Gasteiger partial charge >= 0.3 is 6.18 Å². The second-order valence-corrected chi connectivity index (χ2v) is 7.06. The Kier molecular flexibility index (Phi) is 4.99. The Balaban J connectivity index is 1.60. The molecular weight excluding hydrogens is 404 g/mol. The highest BCUT2D eigenvalue weighted by Crippen LogP contribution is 2.34. The van der Waals surface area contributed by atoms with E-state index in [-0.39, 0.29) is 11.9 Å². The summed E-state index contributed by atoms with van der Waals surface area (Å²) in [4.78, 5) is 9.43. The summed E-state index contributed by atoms with van der Waals surface area (Å²) in [7, 11) is 0. The number of halogens is 4. The van der Waals surface area contributed by atoms with Crippen LogP contribution in [0.25, 0.3) is 0 Å². The number of fused-ring (bicyclic) bond motifs is 1. The molecule has 9 heteroatoms. The van der Waals surface area contributed by atoms with Crippen LogP contribution in [0.1, 0.15) is 28.6 Å². The standard InChI is InChI=1S/C20H16F4N4S/c21-14-5-1-12(2-6-14)18-17-16(25-11-26-17)9-10-28(18)19(29)27-15-7-3-13(4-8-15)20(22,23)24/h1-8,11,18H,9-10H2,(H,25,26)(H,27,29)/t18-/m0/s1. The van der Waals surface area contributed by atoms with Gasteiger partial charge in [0.05, 0.1) is 17.6 Å². The average Bonchev–Trinajstić information content (AvgIpc) is 3.16. The summed E-state index contributed by atoms with van der Waals surface area (Å²) in [6.45, 7) is 0.573. The first-order valence-electron chi connectivity index (χ1n) is 8.85. The zero-order valence-electron chi connectivity index (χ0n) is 15.0. The van der Waals surface area contributed by atoms with Gasteiger partial charge in [-0.3, -0.25) is 0 Å². The highest BCUT2D eigenvalue weighted by Gasteiger charge is 2.33. The molecule has 0 saturated carbocycles. The summed E-state index contributed by atoms with van der Waals surface area (Å²) in [5.41, 5.74) is 2.31. The van der Waals surface area contributed by atoms with Crippen LogP contribution in [0.2, 0.25) is 0 Å². The molecule has 0 bridgehead atoms. The quantitative estimate of drug-likeness (QED) is 0.457. The van der Waals surface area contributed by atoms with Crippen molar-refractivity contribution in [3.05, 3.63) is 83.2 Å². The van der Waals surface area contributed by atoms with Crippen molar-refractivity contribution in [2.24, 2.45) is 0 Å². The lowest BCUT2D eigenvalue weighted by atomic mass is 9.96. The van der Waals surface area contributed by atoms with Crippen LogP contribution in [-0.4, -0.2) is 26.5 Å². The van der Waals surface area contributed by atoms with Gasteiger partial charge in [-0.1, -0.05) is 12.1 Å². The molecule has 1 aromatic heterocycles. The molecule has 0 aliphatic carbocycles. The minimum Gasteiger partial charge on any atom is -0.348 e. The van der Waals surface area contributed by atoms with Gasteiger partial charge in [0.15, 0.2) is 5.11 Å². The monoisotopic (exact) mass is 420 g/mol. The predicted octanol–water partition coefficient (Wildman–Crippen LogP) is 4.91. The molecule has 1 atom stereocenters. The number of thiocarbonyl (C=S) groups is 1. The Bertz CT molecular complexity index is 1010. The molecule has 2 heterocycles. The molecule has 2 N–H and O–H groups in total. The van der Waals surface area contributed by atoms with E-state index in [0.29, 0.717) is 23.8 Å². The highest BCUT2D eigenvalue weighted by molar-refractivity contribution is 7.80. The first kappa shape index (κ1) is 19.4. The van der Waals surface area contributed by atoms with Crippen LogP contribution >= 0.6 is 12.2 Å². The van der Waals surface area contributed by atoms with Crippen molar-refractivity contribution in [1.29, 1.82) is 0 Å². The first-order chi connectivity index (χ1) is 13.8. The number of imidazole rings is 1. The molecule has 0 saturated heterocycles. The average molecular weight is 420 g/mol. The van der Waals surface area contributed by atoms with E-state index in [2.05, 4.69) is 15.3 Å². The summed E-state index contributed by atoms with van der Waals surface area (Å²) < 4.78 is 51.7. The van der Waals surface area contributed by atoms with Crippen molar-refractivity contribution in [2.75, 3.05) is 11.9 Å². The number of nitrogens with one attached hydrogen (secondary N) is 2. The number of hydrogen-bond acceptors (Lipinski definition) is 2. The van der Waals surface area contributed by atoms with E-state index in [1.54, 1.807) is 18.5 Å². The van der Waals surface area contributed by atoms with Gasteiger partial charge in [0.25, 0.3) is 0 Å². The van der Waals surface area contributed by atoms with E-state index in [1.807, 2.05) is 4.90 Å². The molecule has 0 unspecified atom stereocenters. The van der Waals surface area contributed by atoms with Gasteiger partial charge in [-0.2, -0.15) is 13.2 Å². The molecule has 2 aromatic carbocycles. The van der Waals surface area contributed by atoms with E-state index in [1.165, 1.54) is 24.3 Å². The topological polar surface area (TPSA) is 44.0 Å². The number of alkyl halides is 3. The number of nitrogens with zero attached hydrogens (tertiary/aromatic N) is 2. The molecule has 0 fully saturated rings. The second-order valence-electron chi connectivity index (χ2n) is 6.67. The molecule has 150 valence electrons. The van der Waals surface area contributed by atoms with Crippen molar-refractivity contribution in [1.82, 2.24) is 14.9 Å². The number of aromatic amines is 1. The van der Waals surface area contributed by atoms with Crippen molar-refractivity contribution in [3.8, 4) is 0 Å². The SMILES string of the molecule is Fc1ccc([C@H]2c3nc[nH]c3CCN2C(=S)Nc2ccc(C(F)(F)F)cc2)cc1. The van der Waals surface area contributed by atoms with E-state index in [9.17, 15) is 17.6 Å². The molecule has 1 aliphatic rings. The van der Waals surface area contributed by atoms with Crippen LogP contribution < -0.4 is 5.32 Å². The third kappa shape index (κ3) is 3.95. The molecule has 0 amide bonds. The Morgan fingerprint density at radius 1 is 1.10 bits per heavy atom. The number of aromatic nitrogens is 2. The van der Waals surface area contributed by atoms with Crippen LogP contribution in [0.4, 0.5) is 23.2 Å². The maximum absolute atomic E-state index is 13.4. The van der Waals surface area contributed by atoms with E-state index >= 15 is 0 Å². The summed E-state index contributed by atoms with van der Waals surface area (Å²) in [6, 6.07) is 10.5. The van der Waals surface area contributed by atoms with Crippen LogP contribution in [0.5, 0.6) is 0 Å². The van der Waals surface area contributed by atoms with Crippen molar-refractivity contribution in [2.45, 2.75) is 18.6 Å². The third-order valence-corrected chi connectivity index (χ3v) is 5.17. The van der Waals surface area contributed by atoms with Gasteiger partial charge in [-0.25, -0.2) is 9.37 Å². The number of hydrogen-bond donors (Lipinski definition) is 2. The fourth-order valence-corrected chi connectivity index (χ4v) is 3.73. The lowest BCUT2D eigenvalue weighted by molar-refractivity contribution is -0.137. The van der Waals surface area contributed by atoms with E-state index < -0.39 is 11.7 Å². The second kappa shape index (κ2) is 7.47. The Morgan fingerprint density at radius 3 is 2.45 bits per heavy atom. The predicted molar refractivity (Wildman–Crippen MR) is 105 cm³/mol. The minimum absolute atomic E-state index is 0.333. The van der Waals surface area contributed by atoms with Crippen LogP contribution in [0, 0.1) is 5.82 Å². The fraction of sp³-hybridized carbons (Fsp3) is 0.200. The number of benzene rings is 2. The van der Waals surface area contributed by atoms with Crippen LogP contribution in [-0.2, 0) is 12.6 Å². The van der Waals surface area contributed by atoms with E-state index in [4.69, 9.17) is 12.2 Å². The Hall–Kier alpha value is -2.94. The first-order valence-corrected chi connectivity index (χ1v) is 9.26. The fourth-order valence-electron chi connectivity index (χ4n) is 3.42. The summed E-state index contributed by atoms with van der Waals surface area (Å²) in [5, 5.41) is 3.36. The van der Waals surface area contributed by atoms with Crippen molar-refractivity contribution >= 4 is 23.0 Å². The molecule has 3 aromatic rings. The Labute approximate surface area is 169 Å². The molecule has 1 aliphatic heterocycles. The number of rotatable bonds is 2. The highest BCUT2D eigenvalue weighted by atomic mass is 32.1. The molecular formula is C20H16F4N4S. The molecule has 4 rings (SSSR count). The summed E-state index contributed by atoms with van der Waals surface area (Å²) >= 11 is 5.55. The molecule has 0 spiro atoms. The van der Waals surface area contributed by atoms with Crippen molar-refractivity contribution in [3.63, 3.8) is 0 Å². The van der Waals surface area contributed by atoms with Gasteiger partial charge in [-0.05, 0) is 54.2 Å². The zero-order valence-corrected chi connectivity index (χ0v) is 15.8. The smallest absolute Gasteiger partial charge is 0.348 e. The number of H-pyrrole nitrogens is 1. The minimum atomic E-state index is -4.39. The van der Waals surface area contributed by atoms with Gasteiger partial charge < -0.3 is 15.2 Å². The lowest BCUT2D eigenvalue weighted by Crippen LogP contribution is -2.43. The summed E-state index contributed by atoms with van der Waals surface area (Å²) in [6.07, 6.45) is -2.10. The largest absolute Gasteiger partial charge is 0.416 e. The zero-order chi connectivity index (χ0) is 20.6. The van der Waals surface area contributed by atoms with Crippen molar-refractivity contribution < 1.29 is 17.6 Å². The van der Waals surface area contributed by atoms with E-state index in [0.717, 1.165) is 29.1 Å². The lowest BCUT2D eigenvalue weighted by Gasteiger charge is -2.37. The maximum atomic E-state index is 13.4. The maximum Gasteiger partial charge on any atom is 0.416 e. The van der Waals surface area contributed by atoms with Gasteiger partial charge in [0.2, 0.25) is 0 Å². The normalized spacial score (nSPS) is 16.4. The van der Waals surface area contributed by atoms with Gasteiger partial charge in [0, 0.05) is 24.3 Å². The Morgan fingerprint density at radius 2 is 1.79 bits per heavy atom. The van der Waals surface area contributed by atoms with Crippen LogP contribution in [0.3, 0.4) is 0 Å².